The van der Waals surface area contributed by atoms with Gasteiger partial charge in [0.2, 0.25) is 0 Å². The van der Waals surface area contributed by atoms with Gasteiger partial charge in [0, 0.05) is 30.7 Å². The van der Waals surface area contributed by atoms with Crippen molar-refractivity contribution in [1.29, 1.82) is 0 Å². The third-order valence-electron chi connectivity index (χ3n) is 11.5. The quantitative estimate of drug-likeness (QED) is 0.460. The molecule has 0 amide bonds. The number of hydrogen-bond donors (Lipinski definition) is 0. The van der Waals surface area contributed by atoms with Crippen molar-refractivity contribution in [3.63, 3.8) is 0 Å². The van der Waals surface area contributed by atoms with Gasteiger partial charge in [-0.05, 0) is 104 Å². The molecule has 0 spiro atoms. The number of ether oxygens (including phenoxy) is 2. The number of rotatable bonds is 6. The van der Waals surface area contributed by atoms with Gasteiger partial charge >= 0.3 is 0 Å². The van der Waals surface area contributed by atoms with Crippen molar-refractivity contribution in [2.75, 3.05) is 20.8 Å². The Hall–Kier alpha value is -1.88. The van der Waals surface area contributed by atoms with Crippen LogP contribution >= 0.6 is 0 Å². The molecule has 2 aromatic rings. The van der Waals surface area contributed by atoms with Crippen molar-refractivity contribution in [2.45, 2.75) is 78.2 Å². The molecule has 4 saturated carbocycles. The summed E-state index contributed by atoms with van der Waals surface area (Å²) in [5.41, 5.74) is 1.40. The molecule has 4 aliphatic rings. The maximum absolute atomic E-state index is 13.8. The summed E-state index contributed by atoms with van der Waals surface area (Å²) in [6.07, 6.45) is 13.6. The van der Waals surface area contributed by atoms with Crippen LogP contribution in [0.1, 0.15) is 71.6 Å². The van der Waals surface area contributed by atoms with E-state index in [1.807, 2.05) is 36.2 Å². The maximum Gasteiger partial charge on any atom is 0.157 e. The topological polar surface area (TPSA) is 53.4 Å². The number of nitrogens with zero attached hydrogens (tertiary/aromatic N) is 2. The molecule has 4 aliphatic carbocycles. The molecule has 5 heteroatoms. The van der Waals surface area contributed by atoms with Crippen molar-refractivity contribution >= 4 is 16.7 Å². The highest BCUT2D eigenvalue weighted by Gasteiger charge is 2.62. The fourth-order valence-electron chi connectivity index (χ4n) is 9.87. The SMILES string of the molecule is COCC12CCC(C)CC1CCC1C3CCC(C(=O)Cn4cc5ccc(OC)cc5n4)C3(C)CCC12. The molecule has 0 aliphatic heterocycles. The van der Waals surface area contributed by atoms with Gasteiger partial charge in [0.25, 0.3) is 0 Å². The molecular formula is C31H44N2O3. The molecule has 6 rings (SSSR count). The fraction of sp³-hybridized carbons (Fsp3) is 0.742. The number of carbonyl (C=O) groups excluding carboxylic acids is 1. The molecule has 1 aromatic heterocycles. The van der Waals surface area contributed by atoms with E-state index in [1.54, 1.807) is 7.11 Å². The molecular weight excluding hydrogens is 448 g/mol. The summed E-state index contributed by atoms with van der Waals surface area (Å²) in [5.74, 6) is 5.26. The average molecular weight is 493 g/mol. The van der Waals surface area contributed by atoms with E-state index in [0.717, 1.165) is 53.4 Å². The number of fused-ring (bicyclic) bond motifs is 6. The van der Waals surface area contributed by atoms with Gasteiger partial charge in [-0.1, -0.05) is 20.3 Å². The summed E-state index contributed by atoms with van der Waals surface area (Å²) in [6.45, 7) is 6.24. The second kappa shape index (κ2) is 9.15. The molecule has 0 saturated heterocycles. The van der Waals surface area contributed by atoms with Crippen molar-refractivity contribution in [1.82, 2.24) is 9.78 Å². The number of carbonyl (C=O) groups is 1. The molecule has 0 bridgehead atoms. The summed E-state index contributed by atoms with van der Waals surface area (Å²) in [5, 5.41) is 5.76. The highest BCUT2D eigenvalue weighted by molar-refractivity contribution is 5.84. The van der Waals surface area contributed by atoms with Crippen LogP contribution in [-0.4, -0.2) is 36.4 Å². The van der Waals surface area contributed by atoms with Crippen LogP contribution in [0.5, 0.6) is 5.75 Å². The van der Waals surface area contributed by atoms with Gasteiger partial charge in [0.05, 0.1) is 25.8 Å². The van der Waals surface area contributed by atoms with Gasteiger partial charge in [0.15, 0.2) is 5.78 Å². The highest BCUT2D eigenvalue weighted by Crippen LogP contribution is 2.68. The zero-order valence-electron chi connectivity index (χ0n) is 22.7. The molecule has 8 atom stereocenters. The molecule has 0 N–H and O–H groups in total. The van der Waals surface area contributed by atoms with E-state index in [4.69, 9.17) is 14.6 Å². The normalized spacial score (nSPS) is 39.9. The Morgan fingerprint density at radius 2 is 1.94 bits per heavy atom. The largest absolute Gasteiger partial charge is 0.497 e. The first-order valence-corrected chi connectivity index (χ1v) is 14.4. The zero-order valence-corrected chi connectivity index (χ0v) is 22.7. The molecule has 196 valence electrons. The minimum Gasteiger partial charge on any atom is -0.497 e. The first-order chi connectivity index (χ1) is 17.4. The highest BCUT2D eigenvalue weighted by atomic mass is 16.5. The minimum absolute atomic E-state index is 0.136. The van der Waals surface area contributed by atoms with Crippen molar-refractivity contribution < 1.29 is 14.3 Å². The van der Waals surface area contributed by atoms with Gasteiger partial charge in [-0.3, -0.25) is 9.48 Å². The Morgan fingerprint density at radius 3 is 2.75 bits per heavy atom. The Labute approximate surface area is 216 Å². The lowest BCUT2D eigenvalue weighted by Gasteiger charge is -2.61. The van der Waals surface area contributed by atoms with Crippen LogP contribution in [0.3, 0.4) is 0 Å². The Kier molecular flexibility index (Phi) is 6.21. The van der Waals surface area contributed by atoms with Gasteiger partial charge in [-0.2, -0.15) is 5.10 Å². The Bertz CT molecular complexity index is 1130. The number of hydrogen-bond acceptors (Lipinski definition) is 4. The molecule has 4 fully saturated rings. The van der Waals surface area contributed by atoms with Gasteiger partial charge in [-0.15, -0.1) is 0 Å². The lowest BCUT2D eigenvalue weighted by atomic mass is 9.44. The maximum atomic E-state index is 13.8. The third-order valence-corrected chi connectivity index (χ3v) is 11.5. The van der Waals surface area contributed by atoms with E-state index in [1.165, 1.54) is 51.4 Å². The van der Waals surface area contributed by atoms with Crippen molar-refractivity contribution in [3.8, 4) is 5.75 Å². The first-order valence-electron chi connectivity index (χ1n) is 14.4. The second-order valence-electron chi connectivity index (χ2n) is 13.1. The Morgan fingerprint density at radius 1 is 1.08 bits per heavy atom. The van der Waals surface area contributed by atoms with E-state index in [9.17, 15) is 4.79 Å². The van der Waals surface area contributed by atoms with Crippen LogP contribution in [0.4, 0.5) is 0 Å². The van der Waals surface area contributed by atoms with Crippen LogP contribution < -0.4 is 4.74 Å². The predicted octanol–water partition coefficient (Wildman–Crippen LogP) is 6.54. The summed E-state index contributed by atoms with van der Waals surface area (Å²) < 4.78 is 13.2. The number of benzene rings is 1. The number of methoxy groups -OCH3 is 2. The molecule has 8 unspecified atom stereocenters. The molecule has 0 radical (unpaired) electrons. The third kappa shape index (κ3) is 3.75. The van der Waals surface area contributed by atoms with Crippen LogP contribution in [-0.2, 0) is 16.1 Å². The van der Waals surface area contributed by atoms with Gasteiger partial charge < -0.3 is 9.47 Å². The summed E-state index contributed by atoms with van der Waals surface area (Å²) in [6, 6.07) is 5.92. The van der Waals surface area contributed by atoms with E-state index in [0.29, 0.717) is 23.7 Å². The monoisotopic (exact) mass is 492 g/mol. The van der Waals surface area contributed by atoms with E-state index < -0.39 is 0 Å². The van der Waals surface area contributed by atoms with Crippen molar-refractivity contribution in [3.05, 3.63) is 24.4 Å². The molecule has 36 heavy (non-hydrogen) atoms. The lowest BCUT2D eigenvalue weighted by molar-refractivity contribution is -0.154. The summed E-state index contributed by atoms with van der Waals surface area (Å²) >= 11 is 0. The summed E-state index contributed by atoms with van der Waals surface area (Å²) in [4.78, 5) is 13.8. The Balaban J connectivity index is 1.21. The zero-order chi connectivity index (χ0) is 25.1. The molecule has 5 nitrogen and oxygen atoms in total. The molecule has 1 aromatic carbocycles. The molecule has 1 heterocycles. The fourth-order valence-corrected chi connectivity index (χ4v) is 9.87. The first kappa shape index (κ1) is 24.5. The van der Waals surface area contributed by atoms with Gasteiger partial charge in [0.1, 0.15) is 5.75 Å². The smallest absolute Gasteiger partial charge is 0.157 e. The number of aromatic nitrogens is 2. The average Bonchev–Trinajstić information content (AvgIpc) is 3.43. The predicted molar refractivity (Wildman–Crippen MR) is 142 cm³/mol. The van der Waals surface area contributed by atoms with Crippen LogP contribution in [0.15, 0.2) is 24.4 Å². The van der Waals surface area contributed by atoms with Gasteiger partial charge in [-0.25, -0.2) is 0 Å². The van der Waals surface area contributed by atoms with Crippen LogP contribution in [0.2, 0.25) is 0 Å². The van der Waals surface area contributed by atoms with Crippen molar-refractivity contribution in [2.24, 2.45) is 46.3 Å². The standard InChI is InChI=1S/C31H44N2O3/c1-20-11-14-31(19-35-3)22(15-20)6-8-24-25-9-10-27(30(25,2)13-12-26(24)31)29(34)18-33-17-21-5-7-23(36-4)16-28(21)32-33/h5,7,16-17,20,22,24-27H,6,8-15,18-19H2,1-4H3. The van der Waals surface area contributed by atoms with Crippen LogP contribution in [0.25, 0.3) is 10.9 Å². The van der Waals surface area contributed by atoms with E-state index in [-0.39, 0.29) is 11.3 Å². The van der Waals surface area contributed by atoms with Crippen LogP contribution in [0, 0.1) is 46.3 Å². The second-order valence-corrected chi connectivity index (χ2v) is 13.1. The van der Waals surface area contributed by atoms with E-state index in [2.05, 4.69) is 13.8 Å². The lowest BCUT2D eigenvalue weighted by Crippen LogP contribution is -2.56. The minimum atomic E-state index is 0.136. The number of Topliss-reactive ketones (excluding diaryl/α,β-unsaturated/α-hetero) is 1. The summed E-state index contributed by atoms with van der Waals surface area (Å²) in [7, 11) is 3.59. The van der Waals surface area contributed by atoms with E-state index >= 15 is 0 Å². The number of ketones is 1.